The Morgan fingerprint density at radius 3 is 2.61 bits per heavy atom. The zero-order valence-electron chi connectivity index (χ0n) is 10.6. The normalized spacial score (nSPS) is 10.5. The largest absolute Gasteiger partial charge is 0.456 e. The second-order valence-corrected chi connectivity index (χ2v) is 5.06. The van der Waals surface area contributed by atoms with Crippen molar-refractivity contribution in [2.75, 3.05) is 6.61 Å². The molecule has 0 aliphatic heterocycles. The molecule has 1 aromatic carbocycles. The molecule has 0 heterocycles. The lowest BCUT2D eigenvalue weighted by molar-refractivity contribution is 0.00698. The lowest BCUT2D eigenvalue weighted by atomic mass is 10.1. The summed E-state index contributed by atoms with van der Waals surface area (Å²) in [4.78, 5) is 11.8. The number of carbonyl (C=O) groups excluding carboxylic acids is 1. The molecule has 0 atom stereocenters. The quantitative estimate of drug-likeness (QED) is 0.628. The van der Waals surface area contributed by atoms with E-state index in [1.54, 1.807) is 39.0 Å². The van der Waals surface area contributed by atoms with Crippen molar-refractivity contribution < 1.29 is 14.6 Å². The highest BCUT2D eigenvalue weighted by atomic mass is 35.5. The summed E-state index contributed by atoms with van der Waals surface area (Å²) >= 11 is 6.00. The van der Waals surface area contributed by atoms with Gasteiger partial charge >= 0.3 is 5.97 Å². The molecule has 4 heteroatoms. The van der Waals surface area contributed by atoms with E-state index in [2.05, 4.69) is 11.8 Å². The van der Waals surface area contributed by atoms with E-state index in [-0.39, 0.29) is 11.6 Å². The maximum Gasteiger partial charge on any atom is 0.340 e. The Balaban J connectivity index is 2.95. The summed E-state index contributed by atoms with van der Waals surface area (Å²) in [5.41, 5.74) is 0.387. The van der Waals surface area contributed by atoms with Crippen LogP contribution in [0, 0.1) is 11.8 Å². The van der Waals surface area contributed by atoms with Crippen LogP contribution in [0.2, 0.25) is 5.02 Å². The van der Waals surface area contributed by atoms with E-state index in [0.717, 1.165) is 0 Å². The van der Waals surface area contributed by atoms with E-state index in [4.69, 9.17) is 21.4 Å². The van der Waals surface area contributed by atoms with Gasteiger partial charge in [0.05, 0.1) is 10.6 Å². The van der Waals surface area contributed by atoms with Crippen LogP contribution in [-0.2, 0) is 4.74 Å². The summed E-state index contributed by atoms with van der Waals surface area (Å²) in [5.74, 6) is 4.76. The lowest BCUT2D eigenvalue weighted by Crippen LogP contribution is -2.24. The summed E-state index contributed by atoms with van der Waals surface area (Å²) < 4.78 is 5.23. The second kappa shape index (κ2) is 5.90. The fourth-order valence-electron chi connectivity index (χ4n) is 1.23. The summed E-state index contributed by atoms with van der Waals surface area (Å²) in [6.45, 7) is 5.16. The second-order valence-electron chi connectivity index (χ2n) is 4.66. The number of benzene rings is 1. The fourth-order valence-corrected chi connectivity index (χ4v) is 1.49. The van der Waals surface area contributed by atoms with E-state index < -0.39 is 11.6 Å². The van der Waals surface area contributed by atoms with Gasteiger partial charge in [0.25, 0.3) is 0 Å². The first-order chi connectivity index (χ1) is 8.33. The predicted molar refractivity (Wildman–Crippen MR) is 70.6 cm³/mol. The van der Waals surface area contributed by atoms with Gasteiger partial charge in [0.2, 0.25) is 0 Å². The first-order valence-corrected chi connectivity index (χ1v) is 5.84. The molecule has 1 N–H and O–H groups in total. The number of halogens is 1. The molecule has 0 fully saturated rings. The summed E-state index contributed by atoms with van der Waals surface area (Å²) in [7, 11) is 0. The number of ether oxygens (including phenoxy) is 1. The average molecular weight is 267 g/mol. The average Bonchev–Trinajstić information content (AvgIpc) is 2.23. The first-order valence-electron chi connectivity index (χ1n) is 5.46. The smallest absolute Gasteiger partial charge is 0.340 e. The highest BCUT2D eigenvalue weighted by Gasteiger charge is 2.19. The lowest BCUT2D eigenvalue weighted by Gasteiger charge is -2.19. The molecule has 1 aromatic rings. The number of hydrogen-bond acceptors (Lipinski definition) is 3. The van der Waals surface area contributed by atoms with Crippen LogP contribution < -0.4 is 0 Å². The molecule has 0 bridgehead atoms. The number of esters is 1. The predicted octanol–water partition coefficient (Wildman–Crippen LogP) is 2.64. The van der Waals surface area contributed by atoms with Crippen LogP contribution in [0.15, 0.2) is 18.2 Å². The van der Waals surface area contributed by atoms with E-state index in [1.165, 1.54) is 0 Å². The van der Waals surface area contributed by atoms with Gasteiger partial charge < -0.3 is 9.84 Å². The maximum atomic E-state index is 11.8. The highest BCUT2D eigenvalue weighted by molar-refractivity contribution is 6.33. The van der Waals surface area contributed by atoms with Crippen LogP contribution >= 0.6 is 11.6 Å². The molecule has 0 amide bonds. The molecular formula is C14H15ClO3. The van der Waals surface area contributed by atoms with Crippen LogP contribution in [0.5, 0.6) is 0 Å². The molecule has 1 rings (SSSR count). The van der Waals surface area contributed by atoms with Gasteiger partial charge in [-0.15, -0.1) is 0 Å². The Morgan fingerprint density at radius 2 is 2.11 bits per heavy atom. The molecule has 0 saturated heterocycles. The van der Waals surface area contributed by atoms with Gasteiger partial charge in [0.15, 0.2) is 0 Å². The third kappa shape index (κ3) is 4.40. The minimum Gasteiger partial charge on any atom is -0.456 e. The molecule has 0 saturated carbocycles. The number of aliphatic hydroxyl groups is 1. The molecule has 96 valence electrons. The number of aliphatic hydroxyl groups excluding tert-OH is 1. The molecule has 0 aromatic heterocycles. The summed E-state index contributed by atoms with van der Waals surface area (Å²) in [6, 6.07) is 4.80. The van der Waals surface area contributed by atoms with Crippen LogP contribution in [-0.4, -0.2) is 23.3 Å². The number of hydrogen-bond donors (Lipinski definition) is 1. The molecule has 0 unspecified atom stereocenters. The van der Waals surface area contributed by atoms with Crippen molar-refractivity contribution in [3.63, 3.8) is 0 Å². The zero-order valence-corrected chi connectivity index (χ0v) is 11.3. The SMILES string of the molecule is CC(C)(C)OC(=O)c1ccc(C#CCO)cc1Cl. The van der Waals surface area contributed by atoms with Gasteiger partial charge in [0, 0.05) is 5.56 Å². The molecule has 0 radical (unpaired) electrons. The monoisotopic (exact) mass is 266 g/mol. The Hall–Kier alpha value is -1.50. The maximum absolute atomic E-state index is 11.8. The molecule has 0 aliphatic carbocycles. The number of carbonyl (C=O) groups is 1. The van der Waals surface area contributed by atoms with Crippen molar-refractivity contribution in [2.45, 2.75) is 26.4 Å². The first kappa shape index (κ1) is 14.6. The minimum absolute atomic E-state index is 0.217. The van der Waals surface area contributed by atoms with Crippen molar-refractivity contribution in [2.24, 2.45) is 0 Å². The van der Waals surface area contributed by atoms with E-state index in [1.807, 2.05) is 0 Å². The molecule has 3 nitrogen and oxygen atoms in total. The zero-order chi connectivity index (χ0) is 13.8. The fraction of sp³-hybridized carbons (Fsp3) is 0.357. The molecule has 18 heavy (non-hydrogen) atoms. The van der Waals surface area contributed by atoms with Gasteiger partial charge in [-0.25, -0.2) is 4.79 Å². The van der Waals surface area contributed by atoms with E-state index >= 15 is 0 Å². The third-order valence-electron chi connectivity index (χ3n) is 1.90. The number of rotatable bonds is 1. The van der Waals surface area contributed by atoms with Crippen molar-refractivity contribution in [1.82, 2.24) is 0 Å². The molecular weight excluding hydrogens is 252 g/mol. The van der Waals surface area contributed by atoms with Gasteiger partial charge in [-0.2, -0.15) is 0 Å². The Bertz CT molecular complexity index is 504. The van der Waals surface area contributed by atoms with Crippen molar-refractivity contribution >= 4 is 17.6 Å². The van der Waals surface area contributed by atoms with Gasteiger partial charge in [0.1, 0.15) is 12.2 Å². The van der Waals surface area contributed by atoms with Gasteiger partial charge in [-0.05, 0) is 39.0 Å². The van der Waals surface area contributed by atoms with E-state index in [9.17, 15) is 4.79 Å². The van der Waals surface area contributed by atoms with Crippen LogP contribution in [0.1, 0.15) is 36.7 Å². The standard InChI is InChI=1S/C14H15ClO3/c1-14(2,3)18-13(17)11-7-6-10(5-4-8-16)9-12(11)15/h6-7,9,16H,8H2,1-3H3. The minimum atomic E-state index is -0.560. The van der Waals surface area contributed by atoms with Crippen LogP contribution in [0.3, 0.4) is 0 Å². The Morgan fingerprint density at radius 1 is 1.44 bits per heavy atom. The Labute approximate surface area is 112 Å². The van der Waals surface area contributed by atoms with Crippen LogP contribution in [0.4, 0.5) is 0 Å². The van der Waals surface area contributed by atoms with Crippen LogP contribution in [0.25, 0.3) is 0 Å². The topological polar surface area (TPSA) is 46.5 Å². The van der Waals surface area contributed by atoms with Crippen molar-refractivity contribution in [3.8, 4) is 11.8 Å². The van der Waals surface area contributed by atoms with Gasteiger partial charge in [-0.1, -0.05) is 23.4 Å². The molecule has 0 spiro atoms. The van der Waals surface area contributed by atoms with E-state index in [0.29, 0.717) is 11.1 Å². The van der Waals surface area contributed by atoms with Gasteiger partial charge in [-0.3, -0.25) is 0 Å². The summed E-state index contributed by atoms with van der Waals surface area (Å²) in [6.07, 6.45) is 0. The Kier molecular flexibility index (Phi) is 4.77. The van der Waals surface area contributed by atoms with Crippen molar-refractivity contribution in [3.05, 3.63) is 34.3 Å². The van der Waals surface area contributed by atoms with Crippen molar-refractivity contribution in [1.29, 1.82) is 0 Å². The third-order valence-corrected chi connectivity index (χ3v) is 2.21. The molecule has 0 aliphatic rings. The highest BCUT2D eigenvalue weighted by Crippen LogP contribution is 2.21. The summed E-state index contributed by atoms with van der Waals surface area (Å²) in [5, 5.41) is 8.87.